The highest BCUT2D eigenvalue weighted by molar-refractivity contribution is 7.97. The van der Waals surface area contributed by atoms with Gasteiger partial charge in [0.25, 0.3) is 5.91 Å². The van der Waals surface area contributed by atoms with E-state index in [1.807, 2.05) is 18.4 Å². The second kappa shape index (κ2) is 7.06. The molecular formula is C13H17NO3S. The second-order valence-corrected chi connectivity index (χ2v) is 4.71. The first-order valence-electron chi connectivity index (χ1n) is 5.55. The van der Waals surface area contributed by atoms with Crippen molar-refractivity contribution in [2.45, 2.75) is 18.7 Å². The van der Waals surface area contributed by atoms with Crippen LogP contribution in [0, 0.1) is 0 Å². The first kappa shape index (κ1) is 14.6. The Kier molecular flexibility index (Phi) is 5.71. The standard InChI is InChI=1S/C13H17NO3S/c1-9(13(16)17-2)14-12(15)11-6-4-10(5-7-11)8-18-3/h4-7,9H,8H2,1-3H3,(H,14,15). The molecule has 5 heteroatoms. The molecule has 1 atom stereocenters. The fourth-order valence-electron chi connectivity index (χ4n) is 1.43. The van der Waals surface area contributed by atoms with Crippen LogP contribution < -0.4 is 5.32 Å². The zero-order valence-corrected chi connectivity index (χ0v) is 11.5. The van der Waals surface area contributed by atoms with Crippen LogP contribution in [0.15, 0.2) is 24.3 Å². The van der Waals surface area contributed by atoms with E-state index in [-0.39, 0.29) is 5.91 Å². The molecule has 1 unspecified atom stereocenters. The van der Waals surface area contributed by atoms with Gasteiger partial charge in [-0.15, -0.1) is 0 Å². The summed E-state index contributed by atoms with van der Waals surface area (Å²) in [4.78, 5) is 23.0. The van der Waals surface area contributed by atoms with Crippen LogP contribution in [0.1, 0.15) is 22.8 Å². The first-order chi connectivity index (χ1) is 8.58. The predicted molar refractivity (Wildman–Crippen MR) is 72.6 cm³/mol. The van der Waals surface area contributed by atoms with E-state index in [1.165, 1.54) is 12.7 Å². The summed E-state index contributed by atoms with van der Waals surface area (Å²) in [6, 6.07) is 6.69. The number of carbonyl (C=O) groups excluding carboxylic acids is 2. The minimum atomic E-state index is -0.645. The van der Waals surface area contributed by atoms with Crippen molar-refractivity contribution >= 4 is 23.6 Å². The lowest BCUT2D eigenvalue weighted by Crippen LogP contribution is -2.39. The van der Waals surface area contributed by atoms with Crippen LogP contribution in [0.3, 0.4) is 0 Å². The molecule has 1 amide bonds. The van der Waals surface area contributed by atoms with Gasteiger partial charge in [-0.3, -0.25) is 4.79 Å². The van der Waals surface area contributed by atoms with Gasteiger partial charge in [0.2, 0.25) is 0 Å². The number of rotatable bonds is 5. The Morgan fingerprint density at radius 3 is 2.44 bits per heavy atom. The fraction of sp³-hybridized carbons (Fsp3) is 0.385. The highest BCUT2D eigenvalue weighted by atomic mass is 32.2. The summed E-state index contributed by atoms with van der Waals surface area (Å²) in [7, 11) is 1.29. The van der Waals surface area contributed by atoms with Gasteiger partial charge in [0.1, 0.15) is 6.04 Å². The van der Waals surface area contributed by atoms with Crippen LogP contribution in [0.25, 0.3) is 0 Å². The Hall–Kier alpha value is -1.49. The quantitative estimate of drug-likeness (QED) is 0.827. The van der Waals surface area contributed by atoms with Crippen LogP contribution in [-0.4, -0.2) is 31.3 Å². The van der Waals surface area contributed by atoms with Crippen LogP contribution >= 0.6 is 11.8 Å². The van der Waals surface area contributed by atoms with Crippen LogP contribution in [0.5, 0.6) is 0 Å². The maximum Gasteiger partial charge on any atom is 0.328 e. The van der Waals surface area contributed by atoms with Gasteiger partial charge in [-0.25, -0.2) is 4.79 Å². The molecule has 1 rings (SSSR count). The van der Waals surface area contributed by atoms with Crippen molar-refractivity contribution in [3.63, 3.8) is 0 Å². The number of amides is 1. The first-order valence-corrected chi connectivity index (χ1v) is 6.94. The van der Waals surface area contributed by atoms with Crippen molar-refractivity contribution in [1.29, 1.82) is 0 Å². The summed E-state index contributed by atoms with van der Waals surface area (Å²) >= 11 is 1.72. The summed E-state index contributed by atoms with van der Waals surface area (Å²) in [5.41, 5.74) is 1.70. The minimum Gasteiger partial charge on any atom is -0.467 e. The van der Waals surface area contributed by atoms with E-state index in [2.05, 4.69) is 10.1 Å². The maximum atomic E-state index is 11.8. The van der Waals surface area contributed by atoms with Gasteiger partial charge in [0.15, 0.2) is 0 Å². The molecule has 0 aliphatic heterocycles. The van der Waals surface area contributed by atoms with Crippen molar-refractivity contribution in [3.05, 3.63) is 35.4 Å². The molecule has 4 nitrogen and oxygen atoms in total. The summed E-state index contributed by atoms with van der Waals surface area (Å²) < 4.78 is 4.54. The van der Waals surface area contributed by atoms with Gasteiger partial charge < -0.3 is 10.1 Å². The van der Waals surface area contributed by atoms with Crippen LogP contribution in [0.2, 0.25) is 0 Å². The molecule has 0 aliphatic rings. The molecule has 0 fully saturated rings. The molecule has 0 aliphatic carbocycles. The van der Waals surface area contributed by atoms with E-state index in [9.17, 15) is 9.59 Å². The number of carbonyl (C=O) groups is 2. The predicted octanol–water partition coefficient (Wildman–Crippen LogP) is 1.84. The van der Waals surface area contributed by atoms with E-state index in [4.69, 9.17) is 0 Å². The third-order valence-electron chi connectivity index (χ3n) is 2.43. The SMILES string of the molecule is COC(=O)C(C)NC(=O)c1ccc(CSC)cc1. The largest absolute Gasteiger partial charge is 0.467 e. The lowest BCUT2D eigenvalue weighted by molar-refractivity contribution is -0.142. The number of esters is 1. The molecule has 18 heavy (non-hydrogen) atoms. The van der Waals surface area contributed by atoms with E-state index in [0.29, 0.717) is 5.56 Å². The minimum absolute atomic E-state index is 0.274. The third-order valence-corrected chi connectivity index (χ3v) is 3.05. The summed E-state index contributed by atoms with van der Waals surface area (Å²) in [5.74, 6) is 0.187. The molecule has 98 valence electrons. The van der Waals surface area contributed by atoms with Crippen molar-refractivity contribution in [3.8, 4) is 0 Å². The second-order valence-electron chi connectivity index (χ2n) is 3.85. The normalized spacial score (nSPS) is 11.7. The number of nitrogens with one attached hydrogen (secondary N) is 1. The molecule has 1 aromatic carbocycles. The van der Waals surface area contributed by atoms with Crippen molar-refractivity contribution in [2.24, 2.45) is 0 Å². The van der Waals surface area contributed by atoms with E-state index < -0.39 is 12.0 Å². The van der Waals surface area contributed by atoms with E-state index in [0.717, 1.165) is 5.75 Å². The molecule has 0 heterocycles. The zero-order chi connectivity index (χ0) is 13.5. The Labute approximate surface area is 111 Å². The van der Waals surface area contributed by atoms with Gasteiger partial charge in [-0.2, -0.15) is 11.8 Å². The lowest BCUT2D eigenvalue weighted by Gasteiger charge is -2.11. The maximum absolute atomic E-state index is 11.8. The van der Waals surface area contributed by atoms with Gasteiger partial charge in [-0.05, 0) is 30.9 Å². The molecule has 0 bridgehead atoms. The average Bonchev–Trinajstić information content (AvgIpc) is 2.38. The molecule has 0 spiro atoms. The Balaban J connectivity index is 2.64. The molecular weight excluding hydrogens is 250 g/mol. The lowest BCUT2D eigenvalue weighted by atomic mass is 10.1. The molecule has 1 N–H and O–H groups in total. The van der Waals surface area contributed by atoms with Crippen LogP contribution in [-0.2, 0) is 15.3 Å². The van der Waals surface area contributed by atoms with Gasteiger partial charge in [0.05, 0.1) is 7.11 Å². The Morgan fingerprint density at radius 2 is 1.94 bits per heavy atom. The zero-order valence-electron chi connectivity index (χ0n) is 10.7. The van der Waals surface area contributed by atoms with Crippen molar-refractivity contribution in [2.75, 3.05) is 13.4 Å². The summed E-state index contributed by atoms with van der Waals surface area (Å²) in [6.07, 6.45) is 2.03. The number of hydrogen-bond acceptors (Lipinski definition) is 4. The molecule has 0 radical (unpaired) electrons. The number of hydrogen-bond donors (Lipinski definition) is 1. The van der Waals surface area contributed by atoms with Gasteiger partial charge >= 0.3 is 5.97 Å². The van der Waals surface area contributed by atoms with E-state index in [1.54, 1.807) is 30.8 Å². The Morgan fingerprint density at radius 1 is 1.33 bits per heavy atom. The third kappa shape index (κ3) is 4.07. The summed E-state index contributed by atoms with van der Waals surface area (Å²) in [6.45, 7) is 1.59. The molecule has 0 aromatic heterocycles. The highest BCUT2D eigenvalue weighted by Crippen LogP contribution is 2.10. The monoisotopic (exact) mass is 267 g/mol. The van der Waals surface area contributed by atoms with Crippen molar-refractivity contribution < 1.29 is 14.3 Å². The highest BCUT2D eigenvalue weighted by Gasteiger charge is 2.16. The number of methoxy groups -OCH3 is 1. The topological polar surface area (TPSA) is 55.4 Å². The van der Waals surface area contributed by atoms with Gasteiger partial charge in [0, 0.05) is 11.3 Å². The van der Waals surface area contributed by atoms with Crippen molar-refractivity contribution in [1.82, 2.24) is 5.32 Å². The van der Waals surface area contributed by atoms with Crippen LogP contribution in [0.4, 0.5) is 0 Å². The fourth-order valence-corrected chi connectivity index (χ4v) is 1.96. The smallest absolute Gasteiger partial charge is 0.328 e. The van der Waals surface area contributed by atoms with Gasteiger partial charge in [-0.1, -0.05) is 12.1 Å². The summed E-state index contributed by atoms with van der Waals surface area (Å²) in [5, 5.41) is 2.58. The number of thioether (sulfide) groups is 1. The average molecular weight is 267 g/mol. The van der Waals surface area contributed by atoms with E-state index >= 15 is 0 Å². The number of benzene rings is 1. The molecule has 0 saturated heterocycles. The Bertz CT molecular complexity index is 417. The number of ether oxygens (including phenoxy) is 1. The molecule has 1 aromatic rings. The molecule has 0 saturated carbocycles.